The van der Waals surface area contributed by atoms with Gasteiger partial charge >= 0.3 is 18.4 Å². The summed E-state index contributed by atoms with van der Waals surface area (Å²) >= 11 is 0. The first-order valence-electron chi connectivity index (χ1n) is 9.24. The normalized spacial score (nSPS) is 11.7. The minimum atomic E-state index is -5.07. The monoisotopic (exact) mass is 505 g/mol. The smallest absolute Gasteiger partial charge is 0.416 e. The van der Waals surface area contributed by atoms with Crippen LogP contribution >= 0.6 is 0 Å². The number of hydrogen-bond donors (Lipinski definition) is 2. The van der Waals surface area contributed by atoms with E-state index in [0.717, 1.165) is 36.5 Å². The second kappa shape index (κ2) is 9.56. The van der Waals surface area contributed by atoms with Gasteiger partial charge in [0.1, 0.15) is 22.9 Å². The Morgan fingerprint density at radius 2 is 1.40 bits per heavy atom. The van der Waals surface area contributed by atoms with Crippen LogP contribution in [-0.2, 0) is 12.4 Å². The molecule has 0 aliphatic rings. The SMILES string of the molecule is O=C(NC(=O)c1c(F)cccc1F)Nc1ccc(Oc2cc(C(F)(F)F)cc(C(F)(F)F)c2)nc1. The summed E-state index contributed by atoms with van der Waals surface area (Å²) in [5.41, 5.74) is -4.28. The van der Waals surface area contributed by atoms with Crippen molar-refractivity contribution < 1.29 is 49.4 Å². The number of alkyl halides is 6. The third-order valence-electron chi connectivity index (χ3n) is 4.19. The number of carbonyl (C=O) groups excluding carboxylic acids is 2. The van der Waals surface area contributed by atoms with E-state index in [4.69, 9.17) is 4.74 Å². The number of hydrogen-bond acceptors (Lipinski definition) is 4. The van der Waals surface area contributed by atoms with E-state index in [1.165, 1.54) is 0 Å². The summed E-state index contributed by atoms with van der Waals surface area (Å²) in [5, 5.41) is 3.78. The lowest BCUT2D eigenvalue weighted by Crippen LogP contribution is -2.35. The average Bonchev–Trinajstić information content (AvgIpc) is 2.73. The molecule has 3 aromatic rings. The third kappa shape index (κ3) is 6.43. The summed E-state index contributed by atoms with van der Waals surface area (Å²) in [6, 6.07) is 4.15. The summed E-state index contributed by atoms with van der Waals surface area (Å²) in [6.07, 6.45) is -9.24. The van der Waals surface area contributed by atoms with Crippen molar-refractivity contribution in [2.24, 2.45) is 0 Å². The quantitative estimate of drug-likeness (QED) is 0.417. The lowest BCUT2D eigenvalue weighted by atomic mass is 10.1. The molecule has 0 atom stereocenters. The fraction of sp³-hybridized carbons (Fsp3) is 0.0952. The molecule has 0 fully saturated rings. The number of anilines is 1. The summed E-state index contributed by atoms with van der Waals surface area (Å²) in [5.74, 6) is -5.01. The number of ether oxygens (including phenoxy) is 1. The summed E-state index contributed by atoms with van der Waals surface area (Å²) in [6.45, 7) is 0. The predicted molar refractivity (Wildman–Crippen MR) is 104 cm³/mol. The molecule has 3 rings (SSSR count). The Kier molecular flexibility index (Phi) is 6.94. The molecule has 1 aromatic heterocycles. The Morgan fingerprint density at radius 1 is 0.829 bits per heavy atom. The van der Waals surface area contributed by atoms with Crippen LogP contribution < -0.4 is 15.4 Å². The highest BCUT2D eigenvalue weighted by molar-refractivity contribution is 6.08. The van der Waals surface area contributed by atoms with Gasteiger partial charge in [-0.05, 0) is 36.4 Å². The number of halogens is 8. The molecule has 14 heteroatoms. The second-order valence-electron chi connectivity index (χ2n) is 6.73. The molecule has 35 heavy (non-hydrogen) atoms. The number of imide groups is 1. The minimum absolute atomic E-state index is 0.0691. The van der Waals surface area contributed by atoms with Crippen LogP contribution in [0.3, 0.4) is 0 Å². The molecule has 3 amide bonds. The average molecular weight is 505 g/mol. The maximum absolute atomic E-state index is 13.6. The van der Waals surface area contributed by atoms with E-state index in [9.17, 15) is 44.7 Å². The van der Waals surface area contributed by atoms with Crippen molar-refractivity contribution in [1.82, 2.24) is 10.3 Å². The first-order valence-corrected chi connectivity index (χ1v) is 9.24. The van der Waals surface area contributed by atoms with Crippen LogP contribution in [0.1, 0.15) is 21.5 Å². The van der Waals surface area contributed by atoms with E-state index in [2.05, 4.69) is 10.3 Å². The predicted octanol–water partition coefficient (Wildman–Crippen LogP) is 6.15. The Morgan fingerprint density at radius 3 is 1.89 bits per heavy atom. The molecular formula is C21H11F8N3O3. The number of amides is 3. The molecule has 0 radical (unpaired) electrons. The van der Waals surface area contributed by atoms with E-state index in [1.54, 1.807) is 5.32 Å². The molecule has 2 N–H and O–H groups in total. The number of urea groups is 1. The Hall–Kier alpha value is -4.23. The third-order valence-corrected chi connectivity index (χ3v) is 4.19. The molecule has 1 heterocycles. The van der Waals surface area contributed by atoms with E-state index in [0.29, 0.717) is 12.1 Å². The standard InChI is InChI=1S/C21H11F8N3O3/c22-14-2-1-3-15(23)17(14)18(33)32-19(34)31-12-4-5-16(30-9-12)35-13-7-10(20(24,25)26)6-11(8-13)21(27,28)29/h1-9H,(H2,31,32,33,34). The lowest BCUT2D eigenvalue weighted by molar-refractivity contribution is -0.143. The summed E-state index contributed by atoms with van der Waals surface area (Å²) < 4.78 is 110. The zero-order valence-corrected chi connectivity index (χ0v) is 16.9. The number of rotatable bonds is 4. The van der Waals surface area contributed by atoms with Crippen LogP contribution in [0.5, 0.6) is 11.6 Å². The van der Waals surface area contributed by atoms with Gasteiger partial charge in [0.05, 0.1) is 23.0 Å². The largest absolute Gasteiger partial charge is 0.439 e. The Bertz CT molecular complexity index is 1210. The molecule has 2 aromatic carbocycles. The van der Waals surface area contributed by atoms with Crippen molar-refractivity contribution in [3.63, 3.8) is 0 Å². The molecular weight excluding hydrogens is 494 g/mol. The number of benzene rings is 2. The fourth-order valence-electron chi connectivity index (χ4n) is 2.66. The number of carbonyl (C=O) groups is 2. The van der Waals surface area contributed by atoms with Crippen molar-refractivity contribution in [1.29, 1.82) is 0 Å². The maximum Gasteiger partial charge on any atom is 0.416 e. The van der Waals surface area contributed by atoms with E-state index >= 15 is 0 Å². The summed E-state index contributed by atoms with van der Waals surface area (Å²) in [4.78, 5) is 27.4. The zero-order chi connectivity index (χ0) is 26.0. The van der Waals surface area contributed by atoms with Crippen molar-refractivity contribution >= 4 is 17.6 Å². The molecule has 0 saturated heterocycles. The molecule has 184 valence electrons. The number of nitrogens with one attached hydrogen (secondary N) is 2. The zero-order valence-electron chi connectivity index (χ0n) is 16.9. The van der Waals surface area contributed by atoms with Crippen LogP contribution in [0.2, 0.25) is 0 Å². The highest BCUT2D eigenvalue weighted by Gasteiger charge is 2.37. The molecule has 0 bridgehead atoms. The highest BCUT2D eigenvalue weighted by atomic mass is 19.4. The van der Waals surface area contributed by atoms with Gasteiger partial charge < -0.3 is 10.1 Å². The fourth-order valence-corrected chi connectivity index (χ4v) is 2.66. The van der Waals surface area contributed by atoms with Gasteiger partial charge in [0.2, 0.25) is 5.88 Å². The van der Waals surface area contributed by atoms with Crippen molar-refractivity contribution in [2.75, 3.05) is 5.32 Å². The van der Waals surface area contributed by atoms with E-state index < -0.39 is 64.2 Å². The van der Waals surface area contributed by atoms with Crippen LogP contribution in [0.4, 0.5) is 45.6 Å². The highest BCUT2D eigenvalue weighted by Crippen LogP contribution is 2.39. The van der Waals surface area contributed by atoms with Crippen molar-refractivity contribution in [3.05, 3.63) is 83.1 Å². The van der Waals surface area contributed by atoms with Gasteiger partial charge in [-0.25, -0.2) is 18.6 Å². The molecule has 0 unspecified atom stereocenters. The van der Waals surface area contributed by atoms with E-state index in [-0.39, 0.29) is 11.8 Å². The first-order chi connectivity index (χ1) is 16.2. The number of aromatic nitrogens is 1. The first kappa shape index (κ1) is 25.4. The van der Waals surface area contributed by atoms with Gasteiger partial charge in [0, 0.05) is 6.07 Å². The van der Waals surface area contributed by atoms with Gasteiger partial charge in [-0.3, -0.25) is 10.1 Å². The van der Waals surface area contributed by atoms with Gasteiger partial charge in [0.25, 0.3) is 5.91 Å². The molecule has 0 aliphatic heterocycles. The van der Waals surface area contributed by atoms with Gasteiger partial charge in [-0.15, -0.1) is 0 Å². The number of nitrogens with zero attached hydrogens (tertiary/aromatic N) is 1. The lowest BCUT2D eigenvalue weighted by Gasteiger charge is -2.14. The van der Waals surface area contributed by atoms with Gasteiger partial charge in [0.15, 0.2) is 0 Å². The van der Waals surface area contributed by atoms with Crippen molar-refractivity contribution in [3.8, 4) is 11.6 Å². The molecule has 0 spiro atoms. The van der Waals surface area contributed by atoms with Gasteiger partial charge in [-0.2, -0.15) is 26.3 Å². The molecule has 0 aliphatic carbocycles. The summed E-state index contributed by atoms with van der Waals surface area (Å²) in [7, 11) is 0. The Balaban J connectivity index is 1.71. The molecule has 0 saturated carbocycles. The van der Waals surface area contributed by atoms with Crippen LogP contribution in [0.25, 0.3) is 0 Å². The molecule has 6 nitrogen and oxygen atoms in total. The number of pyridine rings is 1. The Labute approximate surface area is 190 Å². The second-order valence-corrected chi connectivity index (χ2v) is 6.73. The van der Waals surface area contributed by atoms with Crippen LogP contribution in [-0.4, -0.2) is 16.9 Å². The van der Waals surface area contributed by atoms with Crippen LogP contribution in [0.15, 0.2) is 54.7 Å². The van der Waals surface area contributed by atoms with E-state index in [1.807, 2.05) is 0 Å². The minimum Gasteiger partial charge on any atom is -0.439 e. The maximum atomic E-state index is 13.6. The van der Waals surface area contributed by atoms with Gasteiger partial charge in [-0.1, -0.05) is 6.07 Å². The van der Waals surface area contributed by atoms with Crippen molar-refractivity contribution in [2.45, 2.75) is 12.4 Å². The van der Waals surface area contributed by atoms with Crippen LogP contribution in [0, 0.1) is 11.6 Å². The topological polar surface area (TPSA) is 80.3 Å².